The summed E-state index contributed by atoms with van der Waals surface area (Å²) >= 11 is 0. The highest BCUT2D eigenvalue weighted by molar-refractivity contribution is 5.95. The van der Waals surface area contributed by atoms with E-state index in [0.29, 0.717) is 24.9 Å². The van der Waals surface area contributed by atoms with Crippen LogP contribution in [-0.2, 0) is 23.9 Å². The third-order valence-corrected chi connectivity index (χ3v) is 9.62. The van der Waals surface area contributed by atoms with Crippen molar-refractivity contribution in [3.8, 4) is 6.07 Å². The van der Waals surface area contributed by atoms with Gasteiger partial charge < -0.3 is 35.0 Å². The van der Waals surface area contributed by atoms with Gasteiger partial charge in [-0.25, -0.2) is 19.2 Å². The monoisotopic (exact) mass is 661 g/mol. The summed E-state index contributed by atoms with van der Waals surface area (Å²) in [6.45, 7) is 1.02. The molecule has 1 aliphatic heterocycles. The molecule has 1 saturated heterocycles. The number of nitrogens with zero attached hydrogens (tertiary/aromatic N) is 2. The molecule has 0 radical (unpaired) electrons. The van der Waals surface area contributed by atoms with Crippen LogP contribution in [0, 0.1) is 23.2 Å². The summed E-state index contributed by atoms with van der Waals surface area (Å²) in [4.78, 5) is 61.0. The van der Waals surface area contributed by atoms with E-state index in [9.17, 15) is 39.3 Å². The maximum absolute atomic E-state index is 12.4. The molecule has 13 nitrogen and oxygen atoms in total. The highest BCUT2D eigenvalue weighted by Crippen LogP contribution is 2.57. The van der Waals surface area contributed by atoms with Gasteiger partial charge in [-0.05, 0) is 87.5 Å². The Morgan fingerprint density at radius 1 is 0.854 bits per heavy atom. The standard InChI is InChI=1S/C18H14O8.C17H25N3O2/c19-15(20)13(25-17(23)11-7-3-1-4-8-11)14(16(21)22)26-18(24)12-9-5-2-6-10-12;18-9-14-2-1-3-20(14)15(21)10-19-16-5-12-4-13(6-16)8-17(22,7-12)11-16/h1-10,13-14H,(H,19,20)(H,21,22);12-14,19,22H,1-8,10-11H2/t13-,14-;12?,13?,14-,16?,17?/m00/s1. The molecule has 5 fully saturated rings. The molecule has 13 heteroatoms. The number of ether oxygens (including phenoxy) is 2. The van der Waals surface area contributed by atoms with Crippen molar-refractivity contribution in [2.75, 3.05) is 13.1 Å². The lowest BCUT2D eigenvalue weighted by atomic mass is 9.51. The summed E-state index contributed by atoms with van der Waals surface area (Å²) in [5.41, 5.74) is -0.492. The number of carboxylic acids is 2. The van der Waals surface area contributed by atoms with Gasteiger partial charge in [0.05, 0.1) is 29.3 Å². The normalized spacial score (nSPS) is 27.8. The SMILES string of the molecule is N#C[C@@H]1CCCN1C(=O)CNC12CC3CC(CC(O)(C3)C1)C2.O=C(O[C@H](C(=O)O)[C@H](OC(=O)c1ccccc1)C(=O)O)c1ccccc1. The topological polar surface area (TPSA) is 204 Å². The van der Waals surface area contributed by atoms with Crippen molar-refractivity contribution in [2.45, 2.75) is 80.8 Å². The van der Waals surface area contributed by atoms with Gasteiger partial charge in [0.15, 0.2) is 0 Å². The molecule has 5 aliphatic rings. The molecule has 2 unspecified atom stereocenters. The van der Waals surface area contributed by atoms with Crippen molar-refractivity contribution in [2.24, 2.45) is 11.8 Å². The van der Waals surface area contributed by atoms with Gasteiger partial charge in [-0.3, -0.25) is 4.79 Å². The number of carbonyl (C=O) groups excluding carboxylic acids is 3. The Morgan fingerprint density at radius 3 is 1.79 bits per heavy atom. The fraction of sp³-hybridized carbons (Fsp3) is 0.486. The fourth-order valence-corrected chi connectivity index (χ4v) is 7.98. The largest absolute Gasteiger partial charge is 0.478 e. The Hall–Kier alpha value is -4.80. The van der Waals surface area contributed by atoms with Gasteiger partial charge in [0.1, 0.15) is 6.04 Å². The van der Waals surface area contributed by atoms with Gasteiger partial charge in [-0.2, -0.15) is 5.26 Å². The van der Waals surface area contributed by atoms with Gasteiger partial charge in [0.2, 0.25) is 18.1 Å². The van der Waals surface area contributed by atoms with Crippen LogP contribution in [0.5, 0.6) is 0 Å². The van der Waals surface area contributed by atoms with E-state index >= 15 is 0 Å². The number of carbonyl (C=O) groups is 5. The zero-order chi connectivity index (χ0) is 34.5. The van der Waals surface area contributed by atoms with E-state index in [-0.39, 0.29) is 28.6 Å². The van der Waals surface area contributed by atoms with E-state index in [2.05, 4.69) is 11.4 Å². The van der Waals surface area contributed by atoms with Crippen molar-refractivity contribution in [1.29, 1.82) is 5.26 Å². The second-order valence-corrected chi connectivity index (χ2v) is 13.3. The van der Waals surface area contributed by atoms with Gasteiger partial charge in [-0.1, -0.05) is 36.4 Å². The number of hydrogen-bond donors (Lipinski definition) is 4. The third-order valence-electron chi connectivity index (χ3n) is 9.62. The Morgan fingerprint density at radius 2 is 1.35 bits per heavy atom. The molecule has 0 spiro atoms. The molecule has 4 N–H and O–H groups in total. The predicted molar refractivity (Wildman–Crippen MR) is 167 cm³/mol. The number of likely N-dealkylation sites (tertiary alicyclic amines) is 1. The number of hydrogen-bond acceptors (Lipinski definition) is 10. The minimum atomic E-state index is -2.21. The second kappa shape index (κ2) is 14.5. The number of amides is 1. The van der Waals surface area contributed by atoms with Crippen LogP contribution >= 0.6 is 0 Å². The number of benzene rings is 2. The van der Waals surface area contributed by atoms with Gasteiger partial charge in [0.25, 0.3) is 0 Å². The highest BCUT2D eigenvalue weighted by atomic mass is 16.6. The van der Waals surface area contributed by atoms with E-state index < -0.39 is 41.7 Å². The molecule has 4 aliphatic carbocycles. The number of carboxylic acid groups (broad SMARTS) is 2. The molecule has 5 atom stereocenters. The number of aliphatic carboxylic acids is 2. The van der Waals surface area contributed by atoms with E-state index in [1.807, 2.05) is 0 Å². The summed E-state index contributed by atoms with van der Waals surface area (Å²) in [5.74, 6) is -4.35. The van der Waals surface area contributed by atoms with Crippen LogP contribution in [0.3, 0.4) is 0 Å². The van der Waals surface area contributed by atoms with Gasteiger partial charge in [-0.15, -0.1) is 0 Å². The lowest BCUT2D eigenvalue weighted by Crippen LogP contribution is -2.65. The molecule has 48 heavy (non-hydrogen) atoms. The first-order valence-corrected chi connectivity index (χ1v) is 16.0. The van der Waals surface area contributed by atoms with Crippen molar-refractivity contribution < 1.29 is 48.8 Å². The Bertz CT molecular complexity index is 1480. The average Bonchev–Trinajstić information content (AvgIpc) is 3.54. The molecular weight excluding hydrogens is 622 g/mol. The number of nitrogens with one attached hydrogen (secondary N) is 1. The van der Waals surface area contributed by atoms with Crippen LogP contribution in [-0.4, -0.2) is 92.5 Å². The highest BCUT2D eigenvalue weighted by Gasteiger charge is 2.57. The summed E-state index contributed by atoms with van der Waals surface area (Å²) in [6, 6.07) is 16.8. The van der Waals surface area contributed by atoms with Crippen LogP contribution in [0.2, 0.25) is 0 Å². The Kier molecular flexibility index (Phi) is 10.5. The number of aliphatic hydroxyl groups is 1. The predicted octanol–water partition coefficient (Wildman–Crippen LogP) is 2.78. The van der Waals surface area contributed by atoms with Crippen molar-refractivity contribution in [3.05, 3.63) is 71.8 Å². The molecule has 7 rings (SSSR count). The van der Waals surface area contributed by atoms with E-state index in [0.717, 1.165) is 44.9 Å². The smallest absolute Gasteiger partial charge is 0.349 e. The Labute approximate surface area is 277 Å². The van der Waals surface area contributed by atoms with Crippen molar-refractivity contribution in [1.82, 2.24) is 10.2 Å². The zero-order valence-corrected chi connectivity index (χ0v) is 26.3. The molecular formula is C35H39N3O10. The average molecular weight is 662 g/mol. The lowest BCUT2D eigenvalue weighted by Gasteiger charge is -2.60. The molecule has 1 amide bonds. The van der Waals surface area contributed by atoms with Crippen LogP contribution in [0.4, 0.5) is 0 Å². The van der Waals surface area contributed by atoms with Crippen LogP contribution in [0.1, 0.15) is 72.1 Å². The molecule has 4 bridgehead atoms. The summed E-state index contributed by atoms with van der Waals surface area (Å²) in [7, 11) is 0. The maximum atomic E-state index is 12.4. The fourth-order valence-electron chi connectivity index (χ4n) is 7.98. The molecule has 4 saturated carbocycles. The molecule has 2 aromatic carbocycles. The first-order chi connectivity index (χ1) is 22.9. The van der Waals surface area contributed by atoms with E-state index in [4.69, 9.17) is 14.7 Å². The minimum absolute atomic E-state index is 0.0253. The van der Waals surface area contributed by atoms with Crippen LogP contribution in [0.15, 0.2) is 60.7 Å². The zero-order valence-electron chi connectivity index (χ0n) is 26.3. The van der Waals surface area contributed by atoms with Gasteiger partial charge >= 0.3 is 23.9 Å². The Balaban J connectivity index is 0.000000190. The van der Waals surface area contributed by atoms with Crippen molar-refractivity contribution >= 4 is 29.8 Å². The van der Waals surface area contributed by atoms with Crippen LogP contribution in [0.25, 0.3) is 0 Å². The summed E-state index contributed by atoms with van der Waals surface area (Å²) in [6.07, 6.45) is 3.44. The molecule has 254 valence electrons. The molecule has 1 heterocycles. The molecule has 2 aromatic rings. The number of rotatable bonds is 10. The lowest BCUT2D eigenvalue weighted by molar-refractivity contribution is -0.166. The minimum Gasteiger partial charge on any atom is -0.478 e. The number of esters is 2. The van der Waals surface area contributed by atoms with E-state index in [1.54, 1.807) is 17.0 Å². The quantitative estimate of drug-likeness (QED) is 0.272. The third kappa shape index (κ3) is 8.00. The first kappa shape index (κ1) is 34.5. The second-order valence-electron chi connectivity index (χ2n) is 13.3. The molecule has 0 aromatic heterocycles. The van der Waals surface area contributed by atoms with Crippen molar-refractivity contribution in [3.63, 3.8) is 0 Å². The summed E-state index contributed by atoms with van der Waals surface area (Å²) < 4.78 is 9.52. The van der Waals surface area contributed by atoms with Gasteiger partial charge in [0, 0.05) is 12.1 Å². The number of nitriles is 1. The summed E-state index contributed by atoms with van der Waals surface area (Å²) in [5, 5.41) is 41.9. The van der Waals surface area contributed by atoms with E-state index in [1.165, 1.54) is 55.0 Å². The van der Waals surface area contributed by atoms with Crippen LogP contribution < -0.4 is 5.32 Å². The first-order valence-electron chi connectivity index (χ1n) is 16.0. The maximum Gasteiger partial charge on any atom is 0.349 e.